The fraction of sp³-hybridized carbons (Fsp3) is 0.615. The van der Waals surface area contributed by atoms with Crippen LogP contribution in [0.1, 0.15) is 18.4 Å². The third-order valence-electron chi connectivity index (χ3n) is 3.80. The van der Waals surface area contributed by atoms with Crippen LogP contribution in [0, 0.1) is 5.41 Å². The molecule has 3 heteroatoms. The van der Waals surface area contributed by atoms with Crippen molar-refractivity contribution in [1.82, 2.24) is 9.88 Å². The molecule has 2 aliphatic rings. The standard InChI is InChI=1S/C13H18N2O/c1-2-12(8-14-5-1)9-15-10-13(11-15)3-6-16-7-4-13/h1-2,5,8H,3-4,6-7,9-11H2. The third-order valence-corrected chi connectivity index (χ3v) is 3.80. The fourth-order valence-corrected chi connectivity index (χ4v) is 2.88. The molecule has 0 aromatic carbocycles. The molecule has 0 unspecified atom stereocenters. The summed E-state index contributed by atoms with van der Waals surface area (Å²) in [4.78, 5) is 6.67. The second-order valence-electron chi connectivity index (χ2n) is 5.12. The van der Waals surface area contributed by atoms with Crippen LogP contribution in [0.15, 0.2) is 24.5 Å². The molecule has 1 aromatic heterocycles. The van der Waals surface area contributed by atoms with Crippen molar-refractivity contribution in [3.63, 3.8) is 0 Å². The van der Waals surface area contributed by atoms with Gasteiger partial charge in [0.25, 0.3) is 0 Å². The van der Waals surface area contributed by atoms with Gasteiger partial charge in [0, 0.05) is 50.7 Å². The van der Waals surface area contributed by atoms with E-state index in [2.05, 4.69) is 16.0 Å². The molecule has 3 heterocycles. The molecule has 2 saturated heterocycles. The summed E-state index contributed by atoms with van der Waals surface area (Å²) in [6.07, 6.45) is 6.29. The topological polar surface area (TPSA) is 25.4 Å². The van der Waals surface area contributed by atoms with E-state index in [0.29, 0.717) is 5.41 Å². The first-order valence-electron chi connectivity index (χ1n) is 6.05. The summed E-state index contributed by atoms with van der Waals surface area (Å²) in [5.41, 5.74) is 1.91. The van der Waals surface area contributed by atoms with Crippen molar-refractivity contribution < 1.29 is 4.74 Å². The number of pyridine rings is 1. The number of aromatic nitrogens is 1. The van der Waals surface area contributed by atoms with E-state index >= 15 is 0 Å². The van der Waals surface area contributed by atoms with Crippen LogP contribution in [0.4, 0.5) is 0 Å². The molecule has 2 aliphatic heterocycles. The summed E-state index contributed by atoms with van der Waals surface area (Å²) in [5, 5.41) is 0. The number of hydrogen-bond acceptors (Lipinski definition) is 3. The van der Waals surface area contributed by atoms with Crippen LogP contribution in [-0.2, 0) is 11.3 Å². The van der Waals surface area contributed by atoms with Crippen LogP contribution in [0.3, 0.4) is 0 Å². The quantitative estimate of drug-likeness (QED) is 0.755. The zero-order valence-corrected chi connectivity index (χ0v) is 9.56. The Hall–Kier alpha value is -0.930. The van der Waals surface area contributed by atoms with Crippen LogP contribution in [0.25, 0.3) is 0 Å². The molecule has 0 N–H and O–H groups in total. The highest BCUT2D eigenvalue weighted by Crippen LogP contribution is 2.40. The maximum atomic E-state index is 5.43. The van der Waals surface area contributed by atoms with Gasteiger partial charge in [-0.2, -0.15) is 0 Å². The van der Waals surface area contributed by atoms with Gasteiger partial charge in [0.05, 0.1) is 0 Å². The van der Waals surface area contributed by atoms with E-state index in [9.17, 15) is 0 Å². The molecule has 0 amide bonds. The summed E-state index contributed by atoms with van der Waals surface area (Å²) < 4.78 is 5.43. The van der Waals surface area contributed by atoms with Crippen LogP contribution in [0.2, 0.25) is 0 Å². The van der Waals surface area contributed by atoms with Gasteiger partial charge in [-0.05, 0) is 24.5 Å². The minimum Gasteiger partial charge on any atom is -0.381 e. The van der Waals surface area contributed by atoms with Crippen molar-refractivity contribution in [3.8, 4) is 0 Å². The average Bonchev–Trinajstić information content (AvgIpc) is 2.30. The first-order valence-corrected chi connectivity index (χ1v) is 6.05. The van der Waals surface area contributed by atoms with Crippen LogP contribution < -0.4 is 0 Å². The Balaban J connectivity index is 1.53. The Labute approximate surface area is 96.4 Å². The lowest BCUT2D eigenvalue weighted by molar-refractivity contribution is -0.0839. The monoisotopic (exact) mass is 218 g/mol. The van der Waals surface area contributed by atoms with Gasteiger partial charge in [-0.1, -0.05) is 6.07 Å². The molecule has 0 saturated carbocycles. The molecular weight excluding hydrogens is 200 g/mol. The largest absolute Gasteiger partial charge is 0.381 e. The van der Waals surface area contributed by atoms with Gasteiger partial charge >= 0.3 is 0 Å². The predicted molar refractivity (Wildman–Crippen MR) is 62.0 cm³/mol. The third kappa shape index (κ3) is 1.97. The highest BCUT2D eigenvalue weighted by atomic mass is 16.5. The lowest BCUT2D eigenvalue weighted by atomic mass is 9.73. The highest BCUT2D eigenvalue weighted by Gasteiger charge is 2.43. The highest BCUT2D eigenvalue weighted by molar-refractivity contribution is 5.10. The minimum atomic E-state index is 0.584. The summed E-state index contributed by atoms with van der Waals surface area (Å²) >= 11 is 0. The van der Waals surface area contributed by atoms with Gasteiger partial charge in [-0.15, -0.1) is 0 Å². The maximum Gasteiger partial charge on any atom is 0.0472 e. The van der Waals surface area contributed by atoms with E-state index in [4.69, 9.17) is 4.74 Å². The van der Waals surface area contributed by atoms with Gasteiger partial charge in [-0.25, -0.2) is 0 Å². The van der Waals surface area contributed by atoms with Gasteiger partial charge < -0.3 is 4.74 Å². The van der Waals surface area contributed by atoms with Gasteiger partial charge in [0.2, 0.25) is 0 Å². The van der Waals surface area contributed by atoms with E-state index in [1.165, 1.54) is 31.5 Å². The number of nitrogens with zero attached hydrogens (tertiary/aromatic N) is 2. The Morgan fingerprint density at radius 1 is 1.31 bits per heavy atom. The van der Waals surface area contributed by atoms with Crippen molar-refractivity contribution in [2.24, 2.45) is 5.41 Å². The Bertz CT molecular complexity index is 338. The van der Waals surface area contributed by atoms with Crippen molar-refractivity contribution in [3.05, 3.63) is 30.1 Å². The molecule has 0 bridgehead atoms. The summed E-state index contributed by atoms with van der Waals surface area (Å²) in [6, 6.07) is 4.17. The van der Waals surface area contributed by atoms with Crippen molar-refractivity contribution in [1.29, 1.82) is 0 Å². The van der Waals surface area contributed by atoms with Crippen molar-refractivity contribution >= 4 is 0 Å². The van der Waals surface area contributed by atoms with E-state index in [-0.39, 0.29) is 0 Å². The average molecular weight is 218 g/mol. The zero-order valence-electron chi connectivity index (χ0n) is 9.56. The predicted octanol–water partition coefficient (Wildman–Crippen LogP) is 1.69. The Morgan fingerprint density at radius 2 is 2.12 bits per heavy atom. The molecule has 2 fully saturated rings. The van der Waals surface area contributed by atoms with E-state index in [1.54, 1.807) is 0 Å². The molecule has 16 heavy (non-hydrogen) atoms. The minimum absolute atomic E-state index is 0.584. The molecule has 3 rings (SSSR count). The molecule has 86 valence electrons. The first-order chi connectivity index (χ1) is 7.86. The number of hydrogen-bond donors (Lipinski definition) is 0. The smallest absolute Gasteiger partial charge is 0.0472 e. The van der Waals surface area contributed by atoms with Gasteiger partial charge in [0.1, 0.15) is 0 Å². The normalized spacial score (nSPS) is 24.2. The number of rotatable bonds is 2. The fourth-order valence-electron chi connectivity index (χ4n) is 2.88. The number of ether oxygens (including phenoxy) is 1. The van der Waals surface area contributed by atoms with E-state index in [0.717, 1.165) is 19.8 Å². The molecular formula is C13H18N2O. The lowest BCUT2D eigenvalue weighted by Crippen LogP contribution is -2.57. The summed E-state index contributed by atoms with van der Waals surface area (Å²) in [7, 11) is 0. The number of likely N-dealkylation sites (tertiary alicyclic amines) is 1. The van der Waals surface area contributed by atoms with Crippen LogP contribution in [-0.4, -0.2) is 36.2 Å². The lowest BCUT2D eigenvalue weighted by Gasteiger charge is -2.52. The van der Waals surface area contributed by atoms with Crippen LogP contribution >= 0.6 is 0 Å². The zero-order chi connectivity index (χ0) is 10.8. The first kappa shape index (κ1) is 10.2. The maximum absolute atomic E-state index is 5.43. The van der Waals surface area contributed by atoms with Crippen molar-refractivity contribution in [2.45, 2.75) is 19.4 Å². The second-order valence-corrected chi connectivity index (χ2v) is 5.12. The SMILES string of the molecule is c1cncc(CN2CC3(CCOCC3)C2)c1. The molecule has 0 aliphatic carbocycles. The van der Waals surface area contributed by atoms with E-state index < -0.39 is 0 Å². The summed E-state index contributed by atoms with van der Waals surface area (Å²) in [6.45, 7) is 5.45. The van der Waals surface area contributed by atoms with Gasteiger partial charge in [0.15, 0.2) is 0 Å². The van der Waals surface area contributed by atoms with E-state index in [1.807, 2.05) is 18.5 Å². The molecule has 1 aromatic rings. The van der Waals surface area contributed by atoms with Crippen LogP contribution in [0.5, 0.6) is 0 Å². The van der Waals surface area contributed by atoms with Gasteiger partial charge in [-0.3, -0.25) is 9.88 Å². The molecule has 3 nitrogen and oxygen atoms in total. The summed E-state index contributed by atoms with van der Waals surface area (Å²) in [5.74, 6) is 0. The Morgan fingerprint density at radius 3 is 2.81 bits per heavy atom. The molecule has 0 radical (unpaired) electrons. The van der Waals surface area contributed by atoms with Crippen molar-refractivity contribution in [2.75, 3.05) is 26.3 Å². The Kier molecular flexibility index (Phi) is 2.65. The molecule has 1 spiro atoms. The molecule has 0 atom stereocenters. The second kappa shape index (κ2) is 4.15.